The van der Waals surface area contributed by atoms with Gasteiger partial charge in [0.15, 0.2) is 0 Å². The topological polar surface area (TPSA) is 97.3 Å². The molecule has 3 rings (SSSR count). The molecule has 8 nitrogen and oxygen atoms in total. The third-order valence-corrected chi connectivity index (χ3v) is 5.93. The molecule has 0 radical (unpaired) electrons. The van der Waals surface area contributed by atoms with Crippen molar-refractivity contribution in [2.45, 2.75) is 38.5 Å². The van der Waals surface area contributed by atoms with Gasteiger partial charge >= 0.3 is 5.97 Å². The van der Waals surface area contributed by atoms with Crippen LogP contribution in [0.25, 0.3) is 0 Å². The number of anilines is 1. The maximum atomic E-state index is 12.5. The van der Waals surface area contributed by atoms with Crippen molar-refractivity contribution in [1.29, 1.82) is 0 Å². The molecule has 2 aromatic carbocycles. The van der Waals surface area contributed by atoms with E-state index in [0.29, 0.717) is 40.2 Å². The first kappa shape index (κ1) is 26.1. The molecule has 10 heteroatoms. The molecule has 1 fully saturated rings. The Morgan fingerprint density at radius 3 is 2.68 bits per heavy atom. The highest BCUT2D eigenvalue weighted by molar-refractivity contribution is 6.42. The van der Waals surface area contributed by atoms with Gasteiger partial charge in [-0.3, -0.25) is 14.5 Å². The number of β-amino-alcohol motifs (C(OH)–C–C–N with tert-alkyl or cyclic N) is 1. The van der Waals surface area contributed by atoms with Crippen LogP contribution in [0.2, 0.25) is 10.0 Å². The Labute approximate surface area is 208 Å². The van der Waals surface area contributed by atoms with E-state index in [-0.39, 0.29) is 37.7 Å². The Kier molecular flexibility index (Phi) is 9.41. The highest BCUT2D eigenvalue weighted by atomic mass is 35.5. The molecule has 0 aromatic heterocycles. The summed E-state index contributed by atoms with van der Waals surface area (Å²) in [6, 6.07) is 11.4. The number of ether oxygens (including phenoxy) is 3. The molecule has 2 N–H and O–H groups in total. The molecule has 1 aliphatic heterocycles. The molecule has 0 aliphatic carbocycles. The lowest BCUT2D eigenvalue weighted by Crippen LogP contribution is -2.43. The van der Waals surface area contributed by atoms with Crippen molar-refractivity contribution in [2.75, 3.05) is 31.6 Å². The molecule has 1 amide bonds. The van der Waals surface area contributed by atoms with Crippen LogP contribution in [0.15, 0.2) is 42.5 Å². The number of halogens is 2. The molecule has 0 spiro atoms. The quantitative estimate of drug-likeness (QED) is 0.469. The number of nitrogens with zero attached hydrogens (tertiary/aromatic N) is 1. The minimum Gasteiger partial charge on any atom is -0.489 e. The fourth-order valence-electron chi connectivity index (χ4n) is 3.77. The molecular formula is C24H28Cl2N2O6. The van der Waals surface area contributed by atoms with Crippen LogP contribution < -0.4 is 14.8 Å². The number of benzene rings is 2. The normalized spacial score (nSPS) is 18.9. The summed E-state index contributed by atoms with van der Waals surface area (Å²) >= 11 is 12.0. The first-order valence-electron chi connectivity index (χ1n) is 11.0. The van der Waals surface area contributed by atoms with Gasteiger partial charge in [0.1, 0.15) is 36.4 Å². The minimum absolute atomic E-state index is 0.0268. The van der Waals surface area contributed by atoms with Gasteiger partial charge in [0.05, 0.1) is 22.3 Å². The summed E-state index contributed by atoms with van der Waals surface area (Å²) in [7, 11) is 0. The number of aliphatic hydroxyl groups excluding tert-OH is 1. The molecule has 0 bridgehead atoms. The van der Waals surface area contributed by atoms with Crippen molar-refractivity contribution in [3.63, 3.8) is 0 Å². The number of aliphatic hydroxyl groups is 1. The molecule has 1 heterocycles. The van der Waals surface area contributed by atoms with E-state index in [9.17, 15) is 14.7 Å². The molecule has 0 saturated carbocycles. The highest BCUT2D eigenvalue weighted by Crippen LogP contribution is 2.30. The number of esters is 1. The maximum absolute atomic E-state index is 12.5. The highest BCUT2D eigenvalue weighted by Gasteiger charge is 2.39. The lowest BCUT2D eigenvalue weighted by molar-refractivity contribution is -0.148. The van der Waals surface area contributed by atoms with Crippen molar-refractivity contribution < 1.29 is 28.9 Å². The van der Waals surface area contributed by atoms with Gasteiger partial charge in [-0.05, 0) is 31.2 Å². The van der Waals surface area contributed by atoms with Gasteiger partial charge in [-0.1, -0.05) is 35.3 Å². The Balaban J connectivity index is 1.62. The third kappa shape index (κ3) is 7.24. The second-order valence-electron chi connectivity index (χ2n) is 7.92. The lowest BCUT2D eigenvalue weighted by Gasteiger charge is -2.25. The molecule has 2 aromatic rings. The van der Waals surface area contributed by atoms with Gasteiger partial charge in [0.25, 0.3) is 0 Å². The average molecular weight is 511 g/mol. The van der Waals surface area contributed by atoms with Crippen LogP contribution in [0, 0.1) is 0 Å². The van der Waals surface area contributed by atoms with Gasteiger partial charge < -0.3 is 24.6 Å². The van der Waals surface area contributed by atoms with Crippen LogP contribution in [0.5, 0.6) is 11.5 Å². The van der Waals surface area contributed by atoms with Crippen molar-refractivity contribution in [3.05, 3.63) is 52.5 Å². The number of amides is 1. The number of rotatable bonds is 10. The van der Waals surface area contributed by atoms with E-state index in [1.807, 2.05) is 4.90 Å². The predicted octanol–water partition coefficient (Wildman–Crippen LogP) is 3.78. The Bertz CT molecular complexity index is 1010. The van der Waals surface area contributed by atoms with Crippen molar-refractivity contribution in [1.82, 2.24) is 4.90 Å². The average Bonchev–Trinajstić information content (AvgIpc) is 3.17. The number of likely N-dealkylation sites (tertiary alicyclic amines) is 1. The van der Waals surface area contributed by atoms with Gasteiger partial charge in [-0.2, -0.15) is 0 Å². The van der Waals surface area contributed by atoms with E-state index >= 15 is 0 Å². The van der Waals surface area contributed by atoms with E-state index in [4.69, 9.17) is 37.4 Å². The van der Waals surface area contributed by atoms with Crippen LogP contribution in [0.1, 0.15) is 20.3 Å². The van der Waals surface area contributed by atoms with Crippen molar-refractivity contribution in [3.8, 4) is 11.5 Å². The summed E-state index contributed by atoms with van der Waals surface area (Å²) in [5.74, 6) is 0.397. The SMILES string of the molecule is CCOC(=O)[C@@H]1C[C@H](Oc2ccc(Cl)c(Cl)c2)CN1CC(O)COc1ccccc1NC(C)=O. The van der Waals surface area contributed by atoms with Crippen LogP contribution in [-0.4, -0.2) is 66.4 Å². The smallest absolute Gasteiger partial charge is 0.323 e. The fourth-order valence-corrected chi connectivity index (χ4v) is 4.06. The zero-order valence-electron chi connectivity index (χ0n) is 19.0. The number of carbonyl (C=O) groups is 2. The zero-order valence-corrected chi connectivity index (χ0v) is 20.5. The molecular weight excluding hydrogens is 483 g/mol. The first-order chi connectivity index (χ1) is 16.3. The third-order valence-electron chi connectivity index (χ3n) is 5.19. The summed E-state index contributed by atoms with van der Waals surface area (Å²) in [6.07, 6.45) is -0.802. The minimum atomic E-state index is -0.897. The Morgan fingerprint density at radius 2 is 1.97 bits per heavy atom. The predicted molar refractivity (Wildman–Crippen MR) is 130 cm³/mol. The first-order valence-corrected chi connectivity index (χ1v) is 11.7. The summed E-state index contributed by atoms with van der Waals surface area (Å²) in [5.41, 5.74) is 0.517. The van der Waals surface area contributed by atoms with Gasteiger partial charge in [0.2, 0.25) is 5.91 Å². The molecule has 1 unspecified atom stereocenters. The number of hydrogen-bond acceptors (Lipinski definition) is 7. The van der Waals surface area contributed by atoms with E-state index in [2.05, 4.69) is 5.32 Å². The summed E-state index contributed by atoms with van der Waals surface area (Å²) < 4.78 is 17.0. The molecule has 34 heavy (non-hydrogen) atoms. The summed E-state index contributed by atoms with van der Waals surface area (Å²) in [6.45, 7) is 3.96. The van der Waals surface area contributed by atoms with Crippen molar-refractivity contribution >= 4 is 40.8 Å². The van der Waals surface area contributed by atoms with E-state index < -0.39 is 12.1 Å². The van der Waals surface area contributed by atoms with Crippen LogP contribution in [0.3, 0.4) is 0 Å². The monoisotopic (exact) mass is 510 g/mol. The molecule has 3 atom stereocenters. The number of nitrogens with one attached hydrogen (secondary N) is 1. The Hall–Kier alpha value is -2.52. The van der Waals surface area contributed by atoms with E-state index in [0.717, 1.165) is 0 Å². The summed E-state index contributed by atoms with van der Waals surface area (Å²) in [4.78, 5) is 25.8. The Morgan fingerprint density at radius 1 is 1.21 bits per heavy atom. The van der Waals surface area contributed by atoms with Gasteiger partial charge in [-0.15, -0.1) is 0 Å². The van der Waals surface area contributed by atoms with Gasteiger partial charge in [0, 0.05) is 32.5 Å². The maximum Gasteiger partial charge on any atom is 0.323 e. The largest absolute Gasteiger partial charge is 0.489 e. The van der Waals surface area contributed by atoms with Gasteiger partial charge in [-0.25, -0.2) is 0 Å². The zero-order chi connectivity index (χ0) is 24.7. The van der Waals surface area contributed by atoms with Crippen LogP contribution in [-0.2, 0) is 14.3 Å². The van der Waals surface area contributed by atoms with E-state index in [1.54, 1.807) is 49.4 Å². The summed E-state index contributed by atoms with van der Waals surface area (Å²) in [5, 5.41) is 14.1. The van der Waals surface area contributed by atoms with Crippen LogP contribution in [0.4, 0.5) is 5.69 Å². The lowest BCUT2D eigenvalue weighted by atomic mass is 10.2. The number of para-hydroxylation sites is 2. The van der Waals surface area contributed by atoms with Crippen molar-refractivity contribution in [2.24, 2.45) is 0 Å². The number of hydrogen-bond donors (Lipinski definition) is 2. The number of carbonyl (C=O) groups excluding carboxylic acids is 2. The molecule has 184 valence electrons. The van der Waals surface area contributed by atoms with E-state index in [1.165, 1.54) is 6.92 Å². The van der Waals surface area contributed by atoms with Crippen LogP contribution >= 0.6 is 23.2 Å². The second-order valence-corrected chi connectivity index (χ2v) is 8.73. The second kappa shape index (κ2) is 12.3. The fraction of sp³-hybridized carbons (Fsp3) is 0.417. The molecule has 1 saturated heterocycles. The molecule has 1 aliphatic rings. The standard InChI is InChI=1S/C24H28Cl2N2O6/c1-3-32-24(31)22-11-18(34-17-8-9-19(25)20(26)10-17)13-28(22)12-16(30)14-33-23-7-5-4-6-21(23)27-15(2)29/h4-10,16,18,22,30H,3,11-14H2,1-2H3,(H,27,29)/t16?,18-,22-/m0/s1.